The second kappa shape index (κ2) is 13.1. The van der Waals surface area contributed by atoms with Crippen molar-refractivity contribution in [1.29, 1.82) is 0 Å². The molecular formula is C17H32F3NO5S. The van der Waals surface area contributed by atoms with Crippen molar-refractivity contribution in [1.82, 2.24) is 0 Å². The van der Waals surface area contributed by atoms with Crippen molar-refractivity contribution < 1.29 is 40.2 Å². The summed E-state index contributed by atoms with van der Waals surface area (Å²) in [6, 6.07) is 0. The molecule has 0 spiro atoms. The molecule has 0 radical (unpaired) electrons. The zero-order valence-electron chi connectivity index (χ0n) is 16.6. The van der Waals surface area contributed by atoms with Crippen LogP contribution in [-0.4, -0.2) is 61.7 Å². The Morgan fingerprint density at radius 3 is 1.67 bits per heavy atom. The molecule has 27 heavy (non-hydrogen) atoms. The van der Waals surface area contributed by atoms with E-state index in [1.165, 1.54) is 43.4 Å². The van der Waals surface area contributed by atoms with Crippen LogP contribution in [-0.2, 0) is 19.6 Å². The van der Waals surface area contributed by atoms with Gasteiger partial charge in [0.15, 0.2) is 10.1 Å². The Morgan fingerprint density at radius 1 is 1.04 bits per heavy atom. The molecule has 0 atom stereocenters. The summed E-state index contributed by atoms with van der Waals surface area (Å²) in [6.45, 7) is 17.4. The summed E-state index contributed by atoms with van der Waals surface area (Å²) in [6.07, 6.45) is 4.59. The summed E-state index contributed by atoms with van der Waals surface area (Å²) in [7, 11) is -6.09. The number of rotatable bonds is 11. The van der Waals surface area contributed by atoms with Crippen LogP contribution >= 0.6 is 0 Å². The minimum Gasteiger partial charge on any atom is -0.741 e. The Morgan fingerprint density at radius 2 is 1.41 bits per heavy atom. The van der Waals surface area contributed by atoms with E-state index in [1.54, 1.807) is 6.92 Å². The molecule has 0 aliphatic rings. The third kappa shape index (κ3) is 12.8. The van der Waals surface area contributed by atoms with Gasteiger partial charge in [-0.2, -0.15) is 13.2 Å². The first-order valence-corrected chi connectivity index (χ1v) is 10.4. The minimum absolute atomic E-state index is 0.264. The van der Waals surface area contributed by atoms with Crippen molar-refractivity contribution in [3.8, 4) is 0 Å². The highest BCUT2D eigenvalue weighted by Gasteiger charge is 2.36. The molecule has 0 heterocycles. The number of carbonyl (C=O) groups is 1. The van der Waals surface area contributed by atoms with Crippen molar-refractivity contribution in [2.45, 2.75) is 58.9 Å². The molecule has 162 valence electrons. The number of nitrogens with zero attached hydrogens (tertiary/aromatic N) is 1. The smallest absolute Gasteiger partial charge is 0.485 e. The number of quaternary nitrogens is 1. The van der Waals surface area contributed by atoms with E-state index >= 15 is 0 Å². The molecule has 0 N–H and O–H groups in total. The summed E-state index contributed by atoms with van der Waals surface area (Å²) in [5.74, 6) is -0.264. The maximum absolute atomic E-state index is 11.3. The summed E-state index contributed by atoms with van der Waals surface area (Å²) < 4.78 is 65.3. The molecule has 6 nitrogen and oxygen atoms in total. The molecule has 0 aromatic carbocycles. The van der Waals surface area contributed by atoms with E-state index in [0.717, 1.165) is 13.0 Å². The van der Waals surface area contributed by atoms with Crippen LogP contribution in [0.5, 0.6) is 0 Å². The van der Waals surface area contributed by atoms with Crippen molar-refractivity contribution in [3.05, 3.63) is 12.2 Å². The average molecular weight is 420 g/mol. The van der Waals surface area contributed by atoms with Crippen LogP contribution in [0.2, 0.25) is 0 Å². The van der Waals surface area contributed by atoms with E-state index in [-0.39, 0.29) is 5.97 Å². The lowest BCUT2D eigenvalue weighted by Crippen LogP contribution is -2.50. The predicted octanol–water partition coefficient (Wildman–Crippen LogP) is 3.59. The van der Waals surface area contributed by atoms with Gasteiger partial charge in [-0.05, 0) is 26.2 Å². The molecule has 0 aliphatic heterocycles. The molecule has 0 saturated carbocycles. The largest absolute Gasteiger partial charge is 0.741 e. The monoisotopic (exact) mass is 419 g/mol. The molecule has 0 saturated heterocycles. The first-order chi connectivity index (χ1) is 12.3. The summed E-state index contributed by atoms with van der Waals surface area (Å²) in [5.41, 5.74) is -5.16. The quantitative estimate of drug-likeness (QED) is 0.128. The number of ether oxygens (including phenoxy) is 1. The van der Waals surface area contributed by atoms with Gasteiger partial charge in [0, 0.05) is 12.0 Å². The Labute approximate surface area is 160 Å². The molecule has 0 bridgehead atoms. The molecule has 10 heteroatoms. The molecule has 0 fully saturated rings. The van der Waals surface area contributed by atoms with Crippen LogP contribution in [0, 0.1) is 0 Å². The Bertz CT molecular complexity index is 530. The van der Waals surface area contributed by atoms with Crippen molar-refractivity contribution in [2.24, 2.45) is 0 Å². The minimum atomic E-state index is -6.09. The van der Waals surface area contributed by atoms with E-state index in [9.17, 15) is 18.0 Å². The number of alkyl halides is 3. The van der Waals surface area contributed by atoms with Crippen molar-refractivity contribution in [2.75, 3.05) is 32.8 Å². The van der Waals surface area contributed by atoms with E-state index in [4.69, 9.17) is 17.7 Å². The summed E-state index contributed by atoms with van der Waals surface area (Å²) in [5, 5.41) is 0. The molecular weight excluding hydrogens is 387 g/mol. The molecule has 0 unspecified atom stereocenters. The number of halogens is 3. The van der Waals surface area contributed by atoms with E-state index in [2.05, 4.69) is 27.4 Å². The summed E-state index contributed by atoms with van der Waals surface area (Å²) >= 11 is 0. The maximum atomic E-state index is 11.3. The van der Waals surface area contributed by atoms with Crippen LogP contribution < -0.4 is 0 Å². The molecule has 0 rings (SSSR count). The van der Waals surface area contributed by atoms with Gasteiger partial charge in [-0.15, -0.1) is 0 Å². The standard InChI is InChI=1S/C16H32NO2.CHF3O3S/c1-6-10-17(11-7-2,12-8-3)13-9-14-19-16(18)15(4)5;2-1(3,4)8(5,6)7/h4,6-14H2,1-3,5H3;(H,5,6,7)/q+1;/p-1. The van der Waals surface area contributed by atoms with Gasteiger partial charge < -0.3 is 13.8 Å². The van der Waals surface area contributed by atoms with Crippen LogP contribution in [0.3, 0.4) is 0 Å². The lowest BCUT2D eigenvalue weighted by Gasteiger charge is -2.38. The van der Waals surface area contributed by atoms with Gasteiger partial charge in [-0.3, -0.25) is 0 Å². The van der Waals surface area contributed by atoms with Gasteiger partial charge in [0.25, 0.3) is 0 Å². The van der Waals surface area contributed by atoms with Gasteiger partial charge in [0.2, 0.25) is 0 Å². The number of hydrogen-bond acceptors (Lipinski definition) is 5. The SMILES string of the molecule is C=C(C)C(=O)OCCC[N+](CCC)(CCC)CCC.O=S(=O)([O-])C(F)(F)F. The van der Waals surface area contributed by atoms with Crippen molar-refractivity contribution >= 4 is 16.1 Å². The number of carbonyl (C=O) groups excluding carboxylic acids is 1. The Kier molecular flexibility index (Phi) is 13.6. The van der Waals surface area contributed by atoms with Crippen molar-refractivity contribution in [3.63, 3.8) is 0 Å². The summed E-state index contributed by atoms with van der Waals surface area (Å²) in [4.78, 5) is 11.3. The third-order valence-electron chi connectivity index (χ3n) is 3.74. The zero-order valence-corrected chi connectivity index (χ0v) is 17.4. The van der Waals surface area contributed by atoms with E-state index in [1.807, 2.05) is 0 Å². The second-order valence-corrected chi connectivity index (χ2v) is 7.78. The molecule has 0 aliphatic carbocycles. The first-order valence-electron chi connectivity index (χ1n) is 8.96. The maximum Gasteiger partial charge on any atom is 0.485 e. The van der Waals surface area contributed by atoms with Crippen LogP contribution in [0.1, 0.15) is 53.4 Å². The lowest BCUT2D eigenvalue weighted by atomic mass is 10.2. The topological polar surface area (TPSA) is 83.5 Å². The van der Waals surface area contributed by atoms with E-state index < -0.39 is 15.6 Å². The van der Waals surface area contributed by atoms with Gasteiger partial charge >= 0.3 is 11.5 Å². The highest BCUT2D eigenvalue weighted by molar-refractivity contribution is 7.86. The van der Waals surface area contributed by atoms with Gasteiger partial charge in [0.05, 0.1) is 32.8 Å². The van der Waals surface area contributed by atoms with Gasteiger partial charge in [-0.1, -0.05) is 27.4 Å². The Balaban J connectivity index is 0. The van der Waals surface area contributed by atoms with Gasteiger partial charge in [0.1, 0.15) is 0 Å². The zero-order chi connectivity index (χ0) is 21.7. The average Bonchev–Trinajstić information content (AvgIpc) is 2.50. The molecule has 0 amide bonds. The molecule has 0 aromatic rings. The fraction of sp³-hybridized carbons (Fsp3) is 0.824. The normalized spacial score (nSPS) is 12.1. The number of esters is 1. The predicted molar refractivity (Wildman–Crippen MR) is 96.7 cm³/mol. The second-order valence-electron chi connectivity index (χ2n) is 6.41. The first kappa shape index (κ1) is 28.1. The third-order valence-corrected chi connectivity index (χ3v) is 4.30. The Hall–Kier alpha value is -1.13. The molecule has 0 aromatic heterocycles. The fourth-order valence-electron chi connectivity index (χ4n) is 2.78. The van der Waals surface area contributed by atoms with Crippen LogP contribution in [0.4, 0.5) is 13.2 Å². The highest BCUT2D eigenvalue weighted by atomic mass is 32.2. The highest BCUT2D eigenvalue weighted by Crippen LogP contribution is 2.20. The lowest BCUT2D eigenvalue weighted by molar-refractivity contribution is -0.928. The van der Waals surface area contributed by atoms with Crippen LogP contribution in [0.15, 0.2) is 12.2 Å². The van der Waals surface area contributed by atoms with Crippen LogP contribution in [0.25, 0.3) is 0 Å². The van der Waals surface area contributed by atoms with Gasteiger partial charge in [-0.25, -0.2) is 13.2 Å². The van der Waals surface area contributed by atoms with E-state index in [0.29, 0.717) is 12.2 Å². The fourth-order valence-corrected chi connectivity index (χ4v) is 2.78. The number of hydrogen-bond donors (Lipinski definition) is 0.